The van der Waals surface area contributed by atoms with Crippen LogP contribution in [0.25, 0.3) is 0 Å². The second-order valence-corrected chi connectivity index (χ2v) is 4.69. The first-order valence-corrected chi connectivity index (χ1v) is 6.00. The Hall–Kier alpha value is -1.55. The van der Waals surface area contributed by atoms with Gasteiger partial charge in [0.15, 0.2) is 0 Å². The van der Waals surface area contributed by atoms with Crippen LogP contribution in [-0.2, 0) is 9.53 Å². The molecule has 4 heteroatoms. The molecule has 0 spiro atoms. The molecule has 0 radical (unpaired) electrons. The lowest BCUT2D eigenvalue weighted by molar-refractivity contribution is -0.152. The monoisotopic (exact) mass is 251 g/mol. The van der Waals surface area contributed by atoms with Crippen LogP contribution < -0.4 is 10.5 Å². The van der Waals surface area contributed by atoms with Gasteiger partial charge in [0.25, 0.3) is 0 Å². The molecule has 0 amide bonds. The summed E-state index contributed by atoms with van der Waals surface area (Å²) in [7, 11) is 1.37. The SMILES string of the molecule is CCOc1ccc([C@H](N)C(C)(C)C(=O)OC)cc1. The van der Waals surface area contributed by atoms with E-state index in [9.17, 15) is 4.79 Å². The van der Waals surface area contributed by atoms with Gasteiger partial charge in [0, 0.05) is 6.04 Å². The largest absolute Gasteiger partial charge is 0.494 e. The smallest absolute Gasteiger partial charge is 0.313 e. The quantitative estimate of drug-likeness (QED) is 0.816. The molecule has 18 heavy (non-hydrogen) atoms. The van der Waals surface area contributed by atoms with Gasteiger partial charge in [-0.05, 0) is 38.5 Å². The normalized spacial score (nSPS) is 12.9. The maximum atomic E-state index is 11.7. The number of nitrogens with two attached hydrogens (primary N) is 1. The van der Waals surface area contributed by atoms with Crippen LogP contribution >= 0.6 is 0 Å². The minimum atomic E-state index is -0.762. The summed E-state index contributed by atoms with van der Waals surface area (Å²) < 4.78 is 10.1. The molecule has 1 rings (SSSR count). The zero-order valence-electron chi connectivity index (χ0n) is 11.4. The lowest BCUT2D eigenvalue weighted by atomic mass is 9.81. The van der Waals surface area contributed by atoms with Gasteiger partial charge in [-0.2, -0.15) is 0 Å². The molecule has 0 fully saturated rings. The van der Waals surface area contributed by atoms with Crippen LogP contribution in [-0.4, -0.2) is 19.7 Å². The highest BCUT2D eigenvalue weighted by Gasteiger charge is 2.36. The van der Waals surface area contributed by atoms with Crippen molar-refractivity contribution >= 4 is 5.97 Å². The fraction of sp³-hybridized carbons (Fsp3) is 0.500. The van der Waals surface area contributed by atoms with E-state index in [0.29, 0.717) is 6.61 Å². The first-order valence-electron chi connectivity index (χ1n) is 6.00. The van der Waals surface area contributed by atoms with Gasteiger partial charge in [-0.25, -0.2) is 0 Å². The molecule has 0 saturated heterocycles. The van der Waals surface area contributed by atoms with Gasteiger partial charge in [-0.1, -0.05) is 12.1 Å². The predicted molar refractivity (Wildman–Crippen MR) is 70.3 cm³/mol. The van der Waals surface area contributed by atoms with E-state index in [1.165, 1.54) is 7.11 Å². The van der Waals surface area contributed by atoms with E-state index in [-0.39, 0.29) is 5.97 Å². The number of hydrogen-bond acceptors (Lipinski definition) is 4. The number of ether oxygens (including phenoxy) is 2. The molecule has 0 unspecified atom stereocenters. The van der Waals surface area contributed by atoms with Crippen molar-refractivity contribution in [3.05, 3.63) is 29.8 Å². The molecule has 0 aromatic heterocycles. The Balaban J connectivity index is 2.89. The standard InChI is InChI=1S/C14H21NO3/c1-5-18-11-8-6-10(7-9-11)12(15)14(2,3)13(16)17-4/h6-9,12H,5,15H2,1-4H3/t12-/m0/s1. The van der Waals surface area contributed by atoms with E-state index in [1.807, 2.05) is 31.2 Å². The van der Waals surface area contributed by atoms with Crippen molar-refractivity contribution in [3.63, 3.8) is 0 Å². The average Bonchev–Trinajstić information content (AvgIpc) is 2.38. The average molecular weight is 251 g/mol. The molecule has 0 saturated carbocycles. The topological polar surface area (TPSA) is 61.5 Å². The fourth-order valence-electron chi connectivity index (χ4n) is 1.74. The second kappa shape index (κ2) is 5.87. The molecule has 1 atom stereocenters. The van der Waals surface area contributed by atoms with Gasteiger partial charge in [0.05, 0.1) is 19.1 Å². The summed E-state index contributed by atoms with van der Waals surface area (Å²) in [6.07, 6.45) is 0. The molecule has 0 aliphatic carbocycles. The maximum absolute atomic E-state index is 11.7. The Kier molecular flexibility index (Phi) is 4.73. The van der Waals surface area contributed by atoms with E-state index in [0.717, 1.165) is 11.3 Å². The Morgan fingerprint density at radius 3 is 2.33 bits per heavy atom. The van der Waals surface area contributed by atoms with E-state index in [2.05, 4.69) is 0 Å². The van der Waals surface area contributed by atoms with Crippen LogP contribution in [0.1, 0.15) is 32.4 Å². The van der Waals surface area contributed by atoms with Crippen molar-refractivity contribution in [1.29, 1.82) is 0 Å². The highest BCUT2D eigenvalue weighted by Crippen LogP contribution is 2.33. The summed E-state index contributed by atoms with van der Waals surface area (Å²) in [5, 5.41) is 0. The van der Waals surface area contributed by atoms with Gasteiger partial charge < -0.3 is 15.2 Å². The lowest BCUT2D eigenvalue weighted by Crippen LogP contribution is -2.37. The molecule has 100 valence electrons. The van der Waals surface area contributed by atoms with Gasteiger partial charge >= 0.3 is 5.97 Å². The van der Waals surface area contributed by atoms with Crippen molar-refractivity contribution in [2.45, 2.75) is 26.8 Å². The second-order valence-electron chi connectivity index (χ2n) is 4.69. The minimum absolute atomic E-state index is 0.316. The molecule has 1 aromatic carbocycles. The zero-order valence-corrected chi connectivity index (χ0v) is 11.4. The molecule has 0 heterocycles. The lowest BCUT2D eigenvalue weighted by Gasteiger charge is -2.29. The third-order valence-corrected chi connectivity index (χ3v) is 3.04. The Bertz CT molecular complexity index is 398. The highest BCUT2D eigenvalue weighted by molar-refractivity contribution is 5.77. The third-order valence-electron chi connectivity index (χ3n) is 3.04. The molecule has 2 N–H and O–H groups in total. The summed E-state index contributed by atoms with van der Waals surface area (Å²) in [6, 6.07) is 7.04. The molecule has 0 bridgehead atoms. The number of esters is 1. The highest BCUT2D eigenvalue weighted by atomic mass is 16.5. The van der Waals surface area contributed by atoms with Gasteiger partial charge in [-0.3, -0.25) is 4.79 Å². The summed E-state index contributed by atoms with van der Waals surface area (Å²) in [4.78, 5) is 11.7. The number of carbonyl (C=O) groups is 1. The van der Waals surface area contributed by atoms with Crippen LogP contribution in [0.15, 0.2) is 24.3 Å². The number of benzene rings is 1. The van der Waals surface area contributed by atoms with Crippen LogP contribution in [0.3, 0.4) is 0 Å². The Morgan fingerprint density at radius 1 is 1.33 bits per heavy atom. The summed E-state index contributed by atoms with van der Waals surface area (Å²) in [5.74, 6) is 0.480. The number of hydrogen-bond donors (Lipinski definition) is 1. The number of carbonyl (C=O) groups excluding carboxylic acids is 1. The van der Waals surface area contributed by atoms with Crippen LogP contribution in [0.2, 0.25) is 0 Å². The molecular formula is C14H21NO3. The summed E-state index contributed by atoms with van der Waals surface area (Å²) in [6.45, 7) is 6.11. The fourth-order valence-corrected chi connectivity index (χ4v) is 1.74. The van der Waals surface area contributed by atoms with Crippen LogP contribution in [0.5, 0.6) is 5.75 Å². The molecular weight excluding hydrogens is 230 g/mol. The van der Waals surface area contributed by atoms with E-state index in [4.69, 9.17) is 15.2 Å². The van der Waals surface area contributed by atoms with E-state index in [1.54, 1.807) is 13.8 Å². The van der Waals surface area contributed by atoms with Gasteiger partial charge in [0.1, 0.15) is 5.75 Å². The van der Waals surface area contributed by atoms with E-state index >= 15 is 0 Å². The molecule has 0 aliphatic rings. The Morgan fingerprint density at radius 2 is 1.89 bits per heavy atom. The minimum Gasteiger partial charge on any atom is -0.494 e. The number of methoxy groups -OCH3 is 1. The van der Waals surface area contributed by atoms with Crippen molar-refractivity contribution in [2.75, 3.05) is 13.7 Å². The van der Waals surface area contributed by atoms with Gasteiger partial charge in [0.2, 0.25) is 0 Å². The van der Waals surface area contributed by atoms with Crippen molar-refractivity contribution in [2.24, 2.45) is 11.1 Å². The molecule has 0 aliphatic heterocycles. The predicted octanol–water partition coefficient (Wildman–Crippen LogP) is 2.28. The van der Waals surface area contributed by atoms with Crippen molar-refractivity contribution in [3.8, 4) is 5.75 Å². The Labute approximate surface area is 108 Å². The summed E-state index contributed by atoms with van der Waals surface area (Å²) >= 11 is 0. The van der Waals surface area contributed by atoms with E-state index < -0.39 is 11.5 Å². The first kappa shape index (κ1) is 14.5. The summed E-state index contributed by atoms with van der Waals surface area (Å²) in [5.41, 5.74) is 6.25. The number of rotatable bonds is 5. The van der Waals surface area contributed by atoms with Crippen LogP contribution in [0.4, 0.5) is 0 Å². The molecule has 4 nitrogen and oxygen atoms in total. The maximum Gasteiger partial charge on any atom is 0.313 e. The first-order chi connectivity index (χ1) is 8.43. The van der Waals surface area contributed by atoms with Crippen molar-refractivity contribution in [1.82, 2.24) is 0 Å². The van der Waals surface area contributed by atoms with Gasteiger partial charge in [-0.15, -0.1) is 0 Å². The van der Waals surface area contributed by atoms with Crippen LogP contribution in [0, 0.1) is 5.41 Å². The zero-order chi connectivity index (χ0) is 13.8. The third kappa shape index (κ3) is 3.01. The molecule has 1 aromatic rings. The van der Waals surface area contributed by atoms with Crippen molar-refractivity contribution < 1.29 is 14.3 Å².